The second kappa shape index (κ2) is 9.05. The van der Waals surface area contributed by atoms with Gasteiger partial charge in [-0.25, -0.2) is 22.0 Å². The SMILES string of the molecule is CCC(I)c1ccc(-c2cc(F)c(C(F)(F)Oc3cc(F)c(F)c(F)c3)c(F)c2)cc1. The summed E-state index contributed by atoms with van der Waals surface area (Å²) in [7, 11) is 0. The zero-order chi connectivity index (χ0) is 22.9. The average molecular weight is 554 g/mol. The molecule has 164 valence electrons. The molecule has 3 aromatic rings. The maximum atomic E-state index is 14.5. The fourth-order valence-electron chi connectivity index (χ4n) is 2.93. The quantitative estimate of drug-likeness (QED) is 0.130. The maximum Gasteiger partial charge on any atom is 0.432 e. The molecule has 1 unspecified atom stereocenters. The number of alkyl halides is 3. The Morgan fingerprint density at radius 2 is 1.32 bits per heavy atom. The van der Waals surface area contributed by atoms with E-state index in [9.17, 15) is 30.7 Å². The van der Waals surface area contributed by atoms with Gasteiger partial charge in [-0.15, -0.1) is 0 Å². The molecular formula is C22H14F7IO. The van der Waals surface area contributed by atoms with Gasteiger partial charge in [-0.3, -0.25) is 0 Å². The monoisotopic (exact) mass is 554 g/mol. The molecule has 0 radical (unpaired) electrons. The number of hydrogen-bond acceptors (Lipinski definition) is 1. The summed E-state index contributed by atoms with van der Waals surface area (Å²) < 4.78 is 102. The van der Waals surface area contributed by atoms with Crippen molar-refractivity contribution in [3.63, 3.8) is 0 Å². The van der Waals surface area contributed by atoms with Gasteiger partial charge in [0.05, 0.1) is 0 Å². The molecule has 0 spiro atoms. The molecule has 31 heavy (non-hydrogen) atoms. The molecular weight excluding hydrogens is 540 g/mol. The van der Waals surface area contributed by atoms with Crippen molar-refractivity contribution in [2.75, 3.05) is 0 Å². The third-order valence-electron chi connectivity index (χ3n) is 4.50. The van der Waals surface area contributed by atoms with E-state index in [1.54, 1.807) is 24.3 Å². The smallest absolute Gasteiger partial charge is 0.429 e. The third-order valence-corrected chi connectivity index (χ3v) is 6.10. The van der Waals surface area contributed by atoms with E-state index in [2.05, 4.69) is 27.3 Å². The molecule has 0 bridgehead atoms. The summed E-state index contributed by atoms with van der Waals surface area (Å²) in [5.41, 5.74) is -0.319. The van der Waals surface area contributed by atoms with Gasteiger partial charge in [0.1, 0.15) is 22.9 Å². The summed E-state index contributed by atoms with van der Waals surface area (Å²) in [6, 6.07) is 8.48. The lowest BCUT2D eigenvalue weighted by atomic mass is 10.00. The zero-order valence-electron chi connectivity index (χ0n) is 15.8. The van der Waals surface area contributed by atoms with E-state index in [-0.39, 0.29) is 21.6 Å². The average Bonchev–Trinajstić information content (AvgIpc) is 2.70. The van der Waals surface area contributed by atoms with Crippen molar-refractivity contribution in [2.45, 2.75) is 23.4 Å². The van der Waals surface area contributed by atoms with Crippen LogP contribution in [0.5, 0.6) is 5.75 Å². The van der Waals surface area contributed by atoms with E-state index in [0.717, 1.165) is 12.0 Å². The Bertz CT molecular complexity index is 1050. The van der Waals surface area contributed by atoms with E-state index in [0.29, 0.717) is 17.7 Å². The van der Waals surface area contributed by atoms with Gasteiger partial charge in [-0.05, 0) is 35.2 Å². The highest BCUT2D eigenvalue weighted by molar-refractivity contribution is 14.1. The van der Waals surface area contributed by atoms with Crippen molar-refractivity contribution < 1.29 is 35.5 Å². The van der Waals surface area contributed by atoms with Crippen LogP contribution >= 0.6 is 22.6 Å². The van der Waals surface area contributed by atoms with Crippen molar-refractivity contribution in [3.05, 3.63) is 88.7 Å². The Kier molecular flexibility index (Phi) is 6.82. The third kappa shape index (κ3) is 4.97. The molecule has 0 aliphatic rings. The fraction of sp³-hybridized carbons (Fsp3) is 0.182. The van der Waals surface area contributed by atoms with Crippen LogP contribution in [0.1, 0.15) is 28.4 Å². The summed E-state index contributed by atoms with van der Waals surface area (Å²) in [4.78, 5) is 0. The molecule has 0 fully saturated rings. The number of halogens is 8. The first-order valence-corrected chi connectivity index (χ1v) is 10.2. The first kappa shape index (κ1) is 23.4. The number of hydrogen-bond donors (Lipinski definition) is 0. The van der Waals surface area contributed by atoms with Crippen LogP contribution in [0.4, 0.5) is 30.7 Å². The van der Waals surface area contributed by atoms with Crippen LogP contribution in [-0.4, -0.2) is 0 Å². The molecule has 3 rings (SSSR count). The van der Waals surface area contributed by atoms with Crippen LogP contribution in [0.3, 0.4) is 0 Å². The normalized spacial score (nSPS) is 12.7. The highest BCUT2D eigenvalue weighted by Crippen LogP contribution is 2.38. The van der Waals surface area contributed by atoms with Gasteiger partial charge in [-0.1, -0.05) is 53.8 Å². The lowest BCUT2D eigenvalue weighted by Crippen LogP contribution is -2.25. The molecule has 0 N–H and O–H groups in total. The first-order chi connectivity index (χ1) is 14.5. The predicted molar refractivity (Wildman–Crippen MR) is 110 cm³/mol. The van der Waals surface area contributed by atoms with Crippen molar-refractivity contribution in [2.24, 2.45) is 0 Å². The molecule has 9 heteroatoms. The minimum atomic E-state index is -4.62. The zero-order valence-corrected chi connectivity index (χ0v) is 18.0. The highest BCUT2D eigenvalue weighted by atomic mass is 127. The number of ether oxygens (including phenoxy) is 1. The van der Waals surface area contributed by atoms with Gasteiger partial charge in [0, 0.05) is 16.1 Å². The molecule has 1 atom stereocenters. The van der Waals surface area contributed by atoms with Crippen molar-refractivity contribution >= 4 is 22.6 Å². The predicted octanol–water partition coefficient (Wildman–Crippen LogP) is 8.06. The Hall–Kier alpha value is -2.30. The van der Waals surface area contributed by atoms with Gasteiger partial charge >= 0.3 is 6.11 Å². The molecule has 0 aliphatic heterocycles. The van der Waals surface area contributed by atoms with Crippen molar-refractivity contribution in [3.8, 4) is 16.9 Å². The molecule has 0 amide bonds. The largest absolute Gasteiger partial charge is 0.432 e. The molecule has 0 saturated carbocycles. The maximum absolute atomic E-state index is 14.5. The van der Waals surface area contributed by atoms with Crippen molar-refractivity contribution in [1.82, 2.24) is 0 Å². The van der Waals surface area contributed by atoms with Crippen LogP contribution < -0.4 is 4.74 Å². The molecule has 0 saturated heterocycles. The lowest BCUT2D eigenvalue weighted by molar-refractivity contribution is -0.189. The van der Waals surface area contributed by atoms with Crippen LogP contribution in [0.15, 0.2) is 48.5 Å². The molecule has 0 heterocycles. The van der Waals surface area contributed by atoms with Crippen LogP contribution in [0, 0.1) is 29.1 Å². The van der Waals surface area contributed by atoms with E-state index in [4.69, 9.17) is 0 Å². The Morgan fingerprint density at radius 3 is 1.81 bits per heavy atom. The summed E-state index contributed by atoms with van der Waals surface area (Å²) in [5.74, 6) is -9.84. The van der Waals surface area contributed by atoms with E-state index in [1.165, 1.54) is 0 Å². The second-order valence-electron chi connectivity index (χ2n) is 6.63. The Labute approximate surface area is 187 Å². The van der Waals surface area contributed by atoms with Gasteiger partial charge in [-0.2, -0.15) is 8.78 Å². The van der Waals surface area contributed by atoms with E-state index < -0.39 is 46.5 Å². The highest BCUT2D eigenvalue weighted by Gasteiger charge is 2.41. The van der Waals surface area contributed by atoms with E-state index >= 15 is 0 Å². The molecule has 1 nitrogen and oxygen atoms in total. The minimum absolute atomic E-state index is 0.0153. The number of benzene rings is 3. The van der Waals surface area contributed by atoms with Gasteiger partial charge in [0.25, 0.3) is 0 Å². The first-order valence-electron chi connectivity index (χ1n) is 8.98. The minimum Gasteiger partial charge on any atom is -0.429 e. The summed E-state index contributed by atoms with van der Waals surface area (Å²) in [6.45, 7) is 2.01. The van der Waals surface area contributed by atoms with Gasteiger partial charge < -0.3 is 4.74 Å². The second-order valence-corrected chi connectivity index (χ2v) is 8.14. The van der Waals surface area contributed by atoms with Crippen LogP contribution in [-0.2, 0) is 6.11 Å². The van der Waals surface area contributed by atoms with Crippen molar-refractivity contribution in [1.29, 1.82) is 0 Å². The summed E-state index contributed by atoms with van der Waals surface area (Å²) in [5, 5.41) is 0. The topological polar surface area (TPSA) is 9.23 Å². The standard InChI is InChI=1S/C22H14F7IO/c1-2-19(30)12-5-3-11(4-6-12)13-7-15(23)20(16(24)8-13)22(28,29)31-14-9-17(25)21(27)18(26)10-14/h3-10,19H,2H2,1H3. The Balaban J connectivity index is 1.94. The van der Waals surface area contributed by atoms with Gasteiger partial charge in [0.2, 0.25) is 0 Å². The fourth-order valence-corrected chi connectivity index (χ4v) is 3.34. The summed E-state index contributed by atoms with van der Waals surface area (Å²) >= 11 is 2.25. The molecule has 0 aliphatic carbocycles. The van der Waals surface area contributed by atoms with Gasteiger partial charge in [0.15, 0.2) is 17.5 Å². The molecule has 0 aromatic heterocycles. The lowest BCUT2D eigenvalue weighted by Gasteiger charge is -2.20. The number of rotatable bonds is 6. The Morgan fingerprint density at radius 1 is 0.806 bits per heavy atom. The molecule has 3 aromatic carbocycles. The summed E-state index contributed by atoms with van der Waals surface area (Å²) in [6.07, 6.45) is -3.74. The van der Waals surface area contributed by atoms with Crippen LogP contribution in [0.2, 0.25) is 0 Å². The van der Waals surface area contributed by atoms with E-state index in [1.807, 2.05) is 6.92 Å². The van der Waals surface area contributed by atoms with Crippen LogP contribution in [0.25, 0.3) is 11.1 Å².